The lowest BCUT2D eigenvalue weighted by atomic mass is 10.1. The first-order valence-corrected chi connectivity index (χ1v) is 7.99. The molecule has 0 saturated heterocycles. The Morgan fingerprint density at radius 3 is 2.59 bits per heavy atom. The maximum absolute atomic E-state index is 12.1. The molecule has 3 atom stereocenters. The molecule has 3 rings (SSSR count). The van der Waals surface area contributed by atoms with Crippen LogP contribution < -0.4 is 16.0 Å². The van der Waals surface area contributed by atoms with Gasteiger partial charge in [0.05, 0.1) is 31.3 Å². The predicted molar refractivity (Wildman–Crippen MR) is 92.7 cm³/mol. The first-order chi connectivity index (χ1) is 12.8. The van der Waals surface area contributed by atoms with E-state index in [1.54, 1.807) is 18.2 Å². The number of aromatic nitrogens is 4. The monoisotopic (exact) mass is 378 g/mol. The van der Waals surface area contributed by atoms with Crippen molar-refractivity contribution in [1.82, 2.24) is 19.5 Å². The lowest BCUT2D eigenvalue weighted by Gasteiger charge is -2.24. The third-order valence-electron chi connectivity index (χ3n) is 4.16. The highest BCUT2D eigenvalue weighted by Gasteiger charge is 2.27. The average molecular weight is 378 g/mol. The highest BCUT2D eigenvalue weighted by Crippen LogP contribution is 2.25. The van der Waals surface area contributed by atoms with Gasteiger partial charge in [-0.05, 0) is 12.1 Å². The summed E-state index contributed by atoms with van der Waals surface area (Å²) >= 11 is 0. The molecule has 2 heterocycles. The maximum atomic E-state index is 12.1. The smallest absolute Gasteiger partial charge is 0.349 e. The molecule has 11 nitrogen and oxygen atoms in total. The molecule has 0 radical (unpaired) electrons. The number of nitrogens with zero attached hydrogens (tertiary/aromatic N) is 3. The maximum Gasteiger partial charge on any atom is 0.349 e. The zero-order valence-corrected chi connectivity index (χ0v) is 14.2. The van der Waals surface area contributed by atoms with Crippen LogP contribution in [-0.2, 0) is 6.54 Å². The second kappa shape index (κ2) is 7.40. The van der Waals surface area contributed by atoms with Gasteiger partial charge < -0.3 is 29.7 Å². The number of methoxy groups -OCH3 is 1. The van der Waals surface area contributed by atoms with Crippen molar-refractivity contribution in [2.45, 2.75) is 24.9 Å². The van der Waals surface area contributed by atoms with Crippen molar-refractivity contribution in [2.75, 3.05) is 13.7 Å². The molecule has 0 aliphatic carbocycles. The van der Waals surface area contributed by atoms with E-state index in [0.717, 1.165) is 0 Å². The van der Waals surface area contributed by atoms with E-state index in [-0.39, 0.29) is 18.1 Å². The Hall–Kier alpha value is -2.86. The van der Waals surface area contributed by atoms with Crippen LogP contribution >= 0.6 is 0 Å². The summed E-state index contributed by atoms with van der Waals surface area (Å²) in [5.41, 5.74) is -1.03. The molecule has 0 unspecified atom stereocenters. The summed E-state index contributed by atoms with van der Waals surface area (Å²) in [6.07, 6.45) is -4.77. The van der Waals surface area contributed by atoms with Gasteiger partial charge in [-0.2, -0.15) is 4.98 Å². The van der Waals surface area contributed by atoms with Crippen LogP contribution in [0.25, 0.3) is 22.6 Å². The van der Waals surface area contributed by atoms with Crippen LogP contribution in [0.15, 0.2) is 27.8 Å². The lowest BCUT2D eigenvalue weighted by molar-refractivity contribution is -0.0802. The molecule has 1 aromatic rings. The molecule has 2 aliphatic heterocycles. The molecule has 11 heteroatoms. The van der Waals surface area contributed by atoms with Crippen LogP contribution in [0.5, 0.6) is 5.75 Å². The van der Waals surface area contributed by atoms with Crippen molar-refractivity contribution in [2.24, 2.45) is 0 Å². The van der Waals surface area contributed by atoms with Crippen LogP contribution in [0.3, 0.4) is 0 Å². The summed E-state index contributed by atoms with van der Waals surface area (Å²) in [5, 5.41) is 38.7. The molecule has 0 saturated carbocycles. The van der Waals surface area contributed by atoms with Crippen LogP contribution in [0.1, 0.15) is 0 Å². The van der Waals surface area contributed by atoms with E-state index in [9.17, 15) is 24.9 Å². The second-order valence-electron chi connectivity index (χ2n) is 5.93. The van der Waals surface area contributed by atoms with E-state index in [4.69, 9.17) is 9.84 Å². The lowest BCUT2D eigenvalue weighted by Crippen LogP contribution is -2.42. The van der Waals surface area contributed by atoms with Gasteiger partial charge >= 0.3 is 5.69 Å². The molecule has 0 fully saturated rings. The summed E-state index contributed by atoms with van der Waals surface area (Å²) in [4.78, 5) is 33.8. The molecular weight excluding hydrogens is 360 g/mol. The Kier molecular flexibility index (Phi) is 5.19. The van der Waals surface area contributed by atoms with Gasteiger partial charge in [-0.15, -0.1) is 0 Å². The van der Waals surface area contributed by atoms with Crippen molar-refractivity contribution >= 4 is 11.0 Å². The van der Waals surface area contributed by atoms with Crippen molar-refractivity contribution in [3.05, 3.63) is 39.0 Å². The van der Waals surface area contributed by atoms with Gasteiger partial charge in [-0.3, -0.25) is 9.78 Å². The zero-order valence-electron chi connectivity index (χ0n) is 14.2. The first kappa shape index (κ1) is 18.9. The molecule has 5 N–H and O–H groups in total. The summed E-state index contributed by atoms with van der Waals surface area (Å²) in [5.74, 6) is 0.351. The zero-order chi connectivity index (χ0) is 19.7. The highest BCUT2D eigenvalue weighted by molar-refractivity contribution is 5.80. The number of rotatable bonds is 6. The topological polar surface area (TPSA) is 171 Å². The second-order valence-corrected chi connectivity index (χ2v) is 5.93. The standard InChI is InChI=1S/C16H18N4O7/c1-27-7-2-3-8-9(4-7)20(5-10(22)13(24)11(23)6-21)14-12(17-8)15(25)19-16(26)18-14/h2-4,10-11,13,21-24H,5-6H2,1H3,(H,19,25,26)/t10-,11-,13+/m1/s1. The molecule has 1 aromatic carbocycles. The fourth-order valence-corrected chi connectivity index (χ4v) is 2.74. The quantitative estimate of drug-likeness (QED) is 0.295. The molecule has 0 aromatic heterocycles. The minimum Gasteiger partial charge on any atom is -0.497 e. The largest absolute Gasteiger partial charge is 0.497 e. The van der Waals surface area contributed by atoms with Crippen LogP contribution in [0.2, 0.25) is 0 Å². The molecule has 2 aliphatic rings. The van der Waals surface area contributed by atoms with E-state index in [0.29, 0.717) is 16.8 Å². The number of fused-ring (bicyclic) bond motifs is 2. The van der Waals surface area contributed by atoms with Crippen molar-refractivity contribution < 1.29 is 25.2 Å². The Balaban J connectivity index is 2.25. The Morgan fingerprint density at radius 2 is 1.93 bits per heavy atom. The number of aliphatic hydroxyl groups is 4. The van der Waals surface area contributed by atoms with Gasteiger partial charge in [0.1, 0.15) is 24.1 Å². The van der Waals surface area contributed by atoms with Crippen LogP contribution in [0.4, 0.5) is 0 Å². The summed E-state index contributed by atoms with van der Waals surface area (Å²) in [6.45, 7) is -1.09. The molecule has 144 valence electrons. The Bertz CT molecular complexity index is 1050. The minimum absolute atomic E-state index is 0.103. The highest BCUT2D eigenvalue weighted by atomic mass is 16.5. The summed E-state index contributed by atoms with van der Waals surface area (Å²) in [6, 6.07) is 4.77. The van der Waals surface area contributed by atoms with Gasteiger partial charge in [0.15, 0.2) is 11.5 Å². The van der Waals surface area contributed by atoms with Crippen LogP contribution in [0, 0.1) is 0 Å². The van der Waals surface area contributed by atoms with E-state index in [1.165, 1.54) is 11.7 Å². The van der Waals surface area contributed by atoms with E-state index < -0.39 is 36.2 Å². The van der Waals surface area contributed by atoms with Crippen LogP contribution in [-0.4, -0.2) is 72.0 Å². The van der Waals surface area contributed by atoms with Gasteiger partial charge in [-0.1, -0.05) is 0 Å². The number of nitrogens with one attached hydrogen (secondary N) is 1. The fourth-order valence-electron chi connectivity index (χ4n) is 2.74. The number of aliphatic hydroxyl groups excluding tert-OH is 4. The fraction of sp³-hybridized carbons (Fsp3) is 0.375. The molecule has 0 bridgehead atoms. The number of aromatic amines is 1. The average Bonchev–Trinajstić information content (AvgIpc) is 2.66. The first-order valence-electron chi connectivity index (χ1n) is 7.99. The summed E-state index contributed by atoms with van der Waals surface area (Å²) in [7, 11) is 1.45. The van der Waals surface area contributed by atoms with E-state index >= 15 is 0 Å². The summed E-state index contributed by atoms with van der Waals surface area (Å²) < 4.78 is 6.50. The molecule has 0 amide bonds. The minimum atomic E-state index is -1.67. The third-order valence-corrected chi connectivity index (χ3v) is 4.16. The molecule has 0 spiro atoms. The predicted octanol–water partition coefficient (Wildman–Crippen LogP) is -2.33. The van der Waals surface area contributed by atoms with Gasteiger partial charge in [0, 0.05) is 6.07 Å². The van der Waals surface area contributed by atoms with E-state index in [2.05, 4.69) is 9.97 Å². The SMILES string of the molecule is COc1ccc2nc3c(=O)[nH]c(=O)nc-3n(C[C@@H](O)[C@H](O)[C@H](O)CO)c2c1. The number of hydrogen-bond donors (Lipinski definition) is 5. The van der Waals surface area contributed by atoms with Crippen molar-refractivity contribution in [3.63, 3.8) is 0 Å². The number of hydrogen-bond acceptors (Lipinski definition) is 9. The number of H-pyrrole nitrogens is 1. The Labute approximate surface area is 151 Å². The van der Waals surface area contributed by atoms with Gasteiger partial charge in [-0.25, -0.2) is 9.78 Å². The third kappa shape index (κ3) is 3.53. The van der Waals surface area contributed by atoms with E-state index in [1.807, 2.05) is 4.98 Å². The van der Waals surface area contributed by atoms with Crippen molar-refractivity contribution in [1.29, 1.82) is 0 Å². The molecular formula is C16H18N4O7. The molecule has 27 heavy (non-hydrogen) atoms. The number of benzene rings is 1. The number of ether oxygens (including phenoxy) is 1. The Morgan fingerprint density at radius 1 is 1.19 bits per heavy atom. The van der Waals surface area contributed by atoms with Gasteiger partial charge in [0.2, 0.25) is 0 Å². The normalized spacial score (nSPS) is 15.0. The van der Waals surface area contributed by atoms with Crippen molar-refractivity contribution in [3.8, 4) is 17.3 Å². The van der Waals surface area contributed by atoms with Gasteiger partial charge in [0.25, 0.3) is 5.56 Å².